The lowest BCUT2D eigenvalue weighted by Crippen LogP contribution is -3.00. The van der Waals surface area contributed by atoms with E-state index in [0.29, 0.717) is 103 Å². The first kappa shape index (κ1) is 66.2. The van der Waals surface area contributed by atoms with Gasteiger partial charge in [0.05, 0.1) is 138 Å². The molecule has 0 radical (unpaired) electrons. The van der Waals surface area contributed by atoms with E-state index in [-0.39, 0.29) is 36.8 Å². The van der Waals surface area contributed by atoms with Crippen LogP contribution in [0.25, 0.3) is 0 Å². The highest BCUT2D eigenvalue weighted by Crippen LogP contribution is 2.40. The van der Waals surface area contributed by atoms with Crippen molar-refractivity contribution in [3.63, 3.8) is 0 Å². The molecule has 0 saturated carbocycles. The van der Waals surface area contributed by atoms with E-state index < -0.39 is 0 Å². The fourth-order valence-corrected chi connectivity index (χ4v) is 8.98. The second kappa shape index (κ2) is 34.7. The standard InChI is InChI=1S/C58H84N2O14.2ClH/c1-59(31-25-43-21-23-47(63-3)49(37-43)65-5,33-27-45-39-51(67-7)57(71-11)52(40-45)68-8)29-17-35-73-55(61)19-15-13-14-16-20-56(62)74-36-18-30-60(2,32-26-44-22-24-48(64-4)50(38-44)66-6)34-28-46-41-53(69-9)58(72-12)54(42-46)70-10;;/h15,19,21-24,37-42H,13-14,16-18,20,25-36H2,1-12H3;2*1H/q+2;;/p-2/b19-15+;;. The summed E-state index contributed by atoms with van der Waals surface area (Å²) >= 11 is 0. The highest BCUT2D eigenvalue weighted by Gasteiger charge is 2.25. The average Bonchev–Trinajstić information content (AvgIpc) is 3.43. The summed E-state index contributed by atoms with van der Waals surface area (Å²) in [4.78, 5) is 25.5. The molecule has 2 atom stereocenters. The van der Waals surface area contributed by atoms with E-state index in [1.807, 2.05) is 54.6 Å². The zero-order valence-electron chi connectivity index (χ0n) is 47.0. The third-order valence-electron chi connectivity index (χ3n) is 13.6. The summed E-state index contributed by atoms with van der Waals surface area (Å²) < 4.78 is 68.4. The summed E-state index contributed by atoms with van der Waals surface area (Å²) in [7, 11) is 20.7. The molecule has 0 saturated heterocycles. The van der Waals surface area contributed by atoms with Crippen molar-refractivity contribution in [3.05, 3.63) is 95.1 Å². The summed E-state index contributed by atoms with van der Waals surface area (Å²) in [6, 6.07) is 20.0. The third kappa shape index (κ3) is 20.9. The largest absolute Gasteiger partial charge is 1.00 e. The third-order valence-corrected chi connectivity index (χ3v) is 13.6. The van der Waals surface area contributed by atoms with Gasteiger partial charge < -0.3 is 90.6 Å². The number of ether oxygens (including phenoxy) is 12. The highest BCUT2D eigenvalue weighted by molar-refractivity contribution is 5.81. The normalized spacial score (nSPS) is 12.4. The van der Waals surface area contributed by atoms with Crippen LogP contribution >= 0.6 is 0 Å². The molecule has 0 aromatic heterocycles. The minimum Gasteiger partial charge on any atom is -1.00 e. The maximum atomic E-state index is 12.8. The van der Waals surface area contributed by atoms with E-state index in [9.17, 15) is 9.59 Å². The van der Waals surface area contributed by atoms with Crippen molar-refractivity contribution in [1.82, 2.24) is 0 Å². The van der Waals surface area contributed by atoms with Crippen LogP contribution in [0.1, 0.15) is 60.8 Å². The molecule has 0 aliphatic heterocycles. The van der Waals surface area contributed by atoms with E-state index in [1.54, 1.807) is 71.1 Å². The van der Waals surface area contributed by atoms with Crippen LogP contribution in [0.2, 0.25) is 0 Å². The number of nitrogens with zero attached hydrogens (tertiary/aromatic N) is 2. The predicted octanol–water partition coefficient (Wildman–Crippen LogP) is 2.93. The van der Waals surface area contributed by atoms with Gasteiger partial charge >= 0.3 is 11.9 Å². The Labute approximate surface area is 464 Å². The van der Waals surface area contributed by atoms with Gasteiger partial charge in [-0.2, -0.15) is 0 Å². The fourth-order valence-electron chi connectivity index (χ4n) is 8.98. The molecule has 0 bridgehead atoms. The zero-order chi connectivity index (χ0) is 53.9. The lowest BCUT2D eigenvalue weighted by Gasteiger charge is -2.35. The average molecular weight is 1100 g/mol. The monoisotopic (exact) mass is 1100 g/mol. The molecule has 0 spiro atoms. The molecule has 76 heavy (non-hydrogen) atoms. The number of allylic oxidation sites excluding steroid dienone is 1. The zero-order valence-corrected chi connectivity index (χ0v) is 48.5. The van der Waals surface area contributed by atoms with Gasteiger partial charge in [-0.05, 0) is 90.0 Å². The van der Waals surface area contributed by atoms with Gasteiger partial charge in [0, 0.05) is 51.0 Å². The highest BCUT2D eigenvalue weighted by atomic mass is 35.5. The molecule has 424 valence electrons. The van der Waals surface area contributed by atoms with Gasteiger partial charge in [-0.1, -0.05) is 18.2 Å². The van der Waals surface area contributed by atoms with E-state index in [1.165, 1.54) is 6.08 Å². The number of carbonyl (C=O) groups is 2. The van der Waals surface area contributed by atoms with E-state index in [2.05, 4.69) is 26.2 Å². The second-order valence-electron chi connectivity index (χ2n) is 18.8. The number of hydrogen-bond donors (Lipinski definition) is 0. The van der Waals surface area contributed by atoms with Crippen molar-refractivity contribution in [3.8, 4) is 57.5 Å². The predicted molar refractivity (Wildman–Crippen MR) is 286 cm³/mol. The van der Waals surface area contributed by atoms with Gasteiger partial charge in [0.25, 0.3) is 0 Å². The maximum Gasteiger partial charge on any atom is 0.330 e. The maximum absolute atomic E-state index is 12.8. The number of benzene rings is 4. The second-order valence-corrected chi connectivity index (χ2v) is 18.8. The number of esters is 2. The fraction of sp³-hybridized carbons (Fsp3) is 0.517. The van der Waals surface area contributed by atoms with Crippen LogP contribution in [0.5, 0.6) is 57.5 Å². The smallest absolute Gasteiger partial charge is 0.330 e. The van der Waals surface area contributed by atoms with E-state index >= 15 is 0 Å². The minimum atomic E-state index is -0.376. The first-order valence-corrected chi connectivity index (χ1v) is 25.4. The van der Waals surface area contributed by atoms with Crippen molar-refractivity contribution < 1.29 is 100 Å². The van der Waals surface area contributed by atoms with Gasteiger partial charge in [0.15, 0.2) is 46.0 Å². The lowest BCUT2D eigenvalue weighted by molar-refractivity contribution is -0.909. The molecule has 0 aliphatic rings. The van der Waals surface area contributed by atoms with Crippen LogP contribution in [0.3, 0.4) is 0 Å². The summed E-state index contributed by atoms with van der Waals surface area (Å²) in [5, 5.41) is 0. The van der Waals surface area contributed by atoms with Gasteiger partial charge in [0.2, 0.25) is 11.5 Å². The van der Waals surface area contributed by atoms with Crippen molar-refractivity contribution in [2.75, 3.05) is 138 Å². The Morgan fingerprint density at radius 3 is 1.13 bits per heavy atom. The van der Waals surface area contributed by atoms with Crippen LogP contribution in [-0.4, -0.2) is 159 Å². The Bertz CT molecular complexity index is 2350. The molecule has 18 heteroatoms. The molecule has 4 aromatic rings. The summed E-state index contributed by atoms with van der Waals surface area (Å²) in [6.07, 6.45) is 10.2. The van der Waals surface area contributed by atoms with Crippen LogP contribution in [0, 0.1) is 0 Å². The molecule has 0 N–H and O–H groups in total. The summed E-state index contributed by atoms with van der Waals surface area (Å²) in [5.41, 5.74) is 4.43. The number of likely N-dealkylation sites (N-methyl/N-ethyl adjacent to an activating group) is 2. The lowest BCUT2D eigenvalue weighted by atomic mass is 10.1. The Hall–Kier alpha value is -5.94. The quantitative estimate of drug-likeness (QED) is 0.0285. The number of carbonyl (C=O) groups excluding carboxylic acids is 2. The molecular weight excluding hydrogens is 1020 g/mol. The molecule has 4 rings (SSSR count). The number of rotatable bonds is 36. The summed E-state index contributed by atoms with van der Waals surface area (Å²) in [6.45, 7) is 5.60. The van der Waals surface area contributed by atoms with Crippen LogP contribution in [-0.2, 0) is 44.7 Å². The van der Waals surface area contributed by atoms with Crippen molar-refractivity contribution in [1.29, 1.82) is 0 Å². The first-order chi connectivity index (χ1) is 35.7. The summed E-state index contributed by atoms with van der Waals surface area (Å²) in [5.74, 6) is 5.78. The Balaban J connectivity index is 0.00000988. The van der Waals surface area contributed by atoms with E-state index in [4.69, 9.17) is 56.8 Å². The SMILES string of the molecule is COc1ccc(CC[N+](C)(CCCOC(=O)/C=C/CCCCC(=O)OCCC[N+](C)(CCc2ccc(OC)c(OC)c2)CCc2cc(OC)c(OC)c(OC)c2)CCc2cc(OC)c(OC)c(OC)c2)cc1OC.[Cl-].[Cl-]. The molecule has 2 unspecified atom stereocenters. The van der Waals surface area contributed by atoms with Crippen LogP contribution < -0.4 is 72.2 Å². The Morgan fingerprint density at radius 1 is 0.408 bits per heavy atom. The minimum absolute atomic E-state index is 0. The molecule has 0 heterocycles. The Morgan fingerprint density at radius 2 is 0.763 bits per heavy atom. The number of halogens is 2. The Kier molecular flexibility index (Phi) is 30.2. The first-order valence-electron chi connectivity index (χ1n) is 25.4. The van der Waals surface area contributed by atoms with Crippen molar-refractivity contribution in [2.24, 2.45) is 0 Å². The number of hydrogen-bond acceptors (Lipinski definition) is 14. The molecular formula is C58H84Cl2N2O14. The van der Waals surface area contributed by atoms with Crippen LogP contribution in [0.4, 0.5) is 0 Å². The van der Waals surface area contributed by atoms with Crippen molar-refractivity contribution >= 4 is 11.9 Å². The molecule has 4 aromatic carbocycles. The molecule has 16 nitrogen and oxygen atoms in total. The van der Waals surface area contributed by atoms with Gasteiger partial charge in [-0.25, -0.2) is 4.79 Å². The molecule has 0 amide bonds. The molecule has 0 fully saturated rings. The van der Waals surface area contributed by atoms with Gasteiger partial charge in [-0.15, -0.1) is 0 Å². The van der Waals surface area contributed by atoms with Gasteiger partial charge in [-0.3, -0.25) is 4.79 Å². The topological polar surface area (TPSA) is 145 Å². The number of unbranched alkanes of at least 4 members (excludes halogenated alkanes) is 2. The molecule has 0 aliphatic carbocycles. The number of methoxy groups -OCH3 is 10. The number of quaternary nitrogens is 2. The van der Waals surface area contributed by atoms with Crippen molar-refractivity contribution in [2.45, 2.75) is 64.2 Å². The van der Waals surface area contributed by atoms with E-state index in [0.717, 1.165) is 103 Å². The van der Waals surface area contributed by atoms with Gasteiger partial charge in [0.1, 0.15) is 0 Å². The van der Waals surface area contributed by atoms with Crippen LogP contribution in [0.15, 0.2) is 72.8 Å².